The first-order valence-electron chi connectivity index (χ1n) is 19.3. The van der Waals surface area contributed by atoms with E-state index in [4.69, 9.17) is 9.47 Å². The zero-order chi connectivity index (χ0) is 38.7. The molecule has 8 rings (SSSR count). The fourth-order valence-corrected chi connectivity index (χ4v) is 9.38. The third kappa shape index (κ3) is 7.75. The summed E-state index contributed by atoms with van der Waals surface area (Å²) in [6.45, 7) is 5.02. The van der Waals surface area contributed by atoms with Crippen molar-refractivity contribution in [2.45, 2.75) is 61.8 Å². The van der Waals surface area contributed by atoms with Gasteiger partial charge < -0.3 is 29.7 Å². The van der Waals surface area contributed by atoms with Crippen LogP contribution in [0.1, 0.15) is 54.4 Å². The number of benzene rings is 5. The maximum atomic E-state index is 13.3. The van der Waals surface area contributed by atoms with E-state index in [2.05, 4.69) is 38.9 Å². The van der Waals surface area contributed by atoms with Crippen LogP contribution in [0.25, 0.3) is 11.1 Å². The highest BCUT2D eigenvalue weighted by molar-refractivity contribution is 7.89. The van der Waals surface area contributed by atoms with Gasteiger partial charge in [0.15, 0.2) is 6.29 Å². The number of amides is 1. The van der Waals surface area contributed by atoms with E-state index < -0.39 is 21.9 Å². The highest BCUT2D eigenvalue weighted by Crippen LogP contribution is 2.43. The summed E-state index contributed by atoms with van der Waals surface area (Å²) in [5, 5.41) is 12.8. The fraction of sp³-hybridized carbons (Fsp3) is 0.311. The molecule has 0 saturated carbocycles. The molecule has 4 atom stereocenters. The lowest BCUT2D eigenvalue weighted by Gasteiger charge is -2.46. The predicted octanol–water partition coefficient (Wildman–Crippen LogP) is 6.54. The summed E-state index contributed by atoms with van der Waals surface area (Å²) < 4.78 is 42.3. The highest BCUT2D eigenvalue weighted by Gasteiger charge is 2.51. The first-order chi connectivity index (χ1) is 27.2. The molecule has 0 bridgehead atoms. The molecule has 3 saturated heterocycles. The van der Waals surface area contributed by atoms with E-state index in [1.54, 1.807) is 30.3 Å². The second-order valence-electron chi connectivity index (χ2n) is 15.0. The van der Waals surface area contributed by atoms with Crippen LogP contribution >= 0.6 is 0 Å². The van der Waals surface area contributed by atoms with Crippen LogP contribution in [0.4, 0.5) is 5.69 Å². The first-order valence-corrected chi connectivity index (χ1v) is 20.8. The summed E-state index contributed by atoms with van der Waals surface area (Å²) in [6, 6.07) is 42.4. The van der Waals surface area contributed by atoms with Crippen molar-refractivity contribution in [3.05, 3.63) is 156 Å². The lowest BCUT2D eigenvalue weighted by atomic mass is 9.84. The fourth-order valence-electron chi connectivity index (χ4n) is 8.35. The van der Waals surface area contributed by atoms with E-state index in [1.807, 2.05) is 91.0 Å². The molecule has 1 amide bonds. The Morgan fingerprint density at radius 3 is 2.14 bits per heavy atom. The number of rotatable bonds is 11. The molecule has 3 aliphatic rings. The van der Waals surface area contributed by atoms with Crippen LogP contribution in [0.3, 0.4) is 0 Å². The molecule has 3 heterocycles. The molecule has 11 heteroatoms. The largest absolute Gasteiger partial charge is 0.392 e. The number of sulfonamides is 1. The summed E-state index contributed by atoms with van der Waals surface area (Å²) in [5.41, 5.74) is 5.97. The van der Waals surface area contributed by atoms with E-state index >= 15 is 0 Å². The van der Waals surface area contributed by atoms with Crippen molar-refractivity contribution in [2.24, 2.45) is 5.92 Å². The van der Waals surface area contributed by atoms with Gasteiger partial charge in [0.1, 0.15) is 5.54 Å². The Morgan fingerprint density at radius 2 is 1.45 bits per heavy atom. The summed E-state index contributed by atoms with van der Waals surface area (Å²) in [6.07, 6.45) is 0.390. The number of nitrogens with one attached hydrogen (secondary N) is 2. The number of carbonyl (C=O) groups is 1. The number of carbonyl (C=O) groups excluding carboxylic acids is 1. The standard InChI is InChI=1S/C45H48N4O6S/c1-32-41(29-48-26-24-45(25-27-48)44(51)46-31-49(45)38-11-4-2-5-12-38)54-43(55-42(32)35-18-16-33(30-50)17-19-35)36-22-20-34(21-23-36)40-15-9-8-10-37(40)28-47-56(52,53)39-13-6-3-7-14-39/h2-23,32,41-43,47,50H,24-31H2,1H3,(H,46,51)/t32-,41+,42+,43+/m1/s1. The molecule has 3 aliphatic heterocycles. The van der Waals surface area contributed by atoms with E-state index in [1.165, 1.54) is 0 Å². The number of hydrogen-bond acceptors (Lipinski definition) is 8. The van der Waals surface area contributed by atoms with Gasteiger partial charge in [-0.2, -0.15) is 0 Å². The van der Waals surface area contributed by atoms with Crippen molar-refractivity contribution in [1.82, 2.24) is 14.9 Å². The second-order valence-corrected chi connectivity index (χ2v) is 16.8. The van der Waals surface area contributed by atoms with Gasteiger partial charge in [0.25, 0.3) is 0 Å². The third-order valence-corrected chi connectivity index (χ3v) is 13.1. The van der Waals surface area contributed by atoms with Crippen molar-refractivity contribution in [3.8, 4) is 11.1 Å². The summed E-state index contributed by atoms with van der Waals surface area (Å²) >= 11 is 0. The number of hydrogen-bond donors (Lipinski definition) is 3. The summed E-state index contributed by atoms with van der Waals surface area (Å²) in [7, 11) is -3.67. The molecule has 0 radical (unpaired) electrons. The lowest BCUT2D eigenvalue weighted by molar-refractivity contribution is -0.276. The van der Waals surface area contributed by atoms with E-state index in [0.717, 1.165) is 65.0 Å². The van der Waals surface area contributed by atoms with E-state index in [9.17, 15) is 18.3 Å². The lowest BCUT2D eigenvalue weighted by Crippen LogP contribution is -2.57. The minimum Gasteiger partial charge on any atom is -0.392 e. The normalized spacial score (nSPS) is 22.6. The number of piperidine rings is 1. The molecular weight excluding hydrogens is 725 g/mol. The molecule has 3 fully saturated rings. The maximum Gasteiger partial charge on any atom is 0.247 e. The molecule has 10 nitrogen and oxygen atoms in total. The van der Waals surface area contributed by atoms with Crippen LogP contribution < -0.4 is 14.9 Å². The van der Waals surface area contributed by atoms with Crippen LogP contribution in [0.2, 0.25) is 0 Å². The van der Waals surface area contributed by atoms with Gasteiger partial charge in [-0.25, -0.2) is 13.1 Å². The molecular formula is C45H48N4O6S. The molecule has 56 heavy (non-hydrogen) atoms. The molecule has 1 spiro atoms. The van der Waals surface area contributed by atoms with Crippen molar-refractivity contribution in [2.75, 3.05) is 31.2 Å². The maximum absolute atomic E-state index is 13.3. The van der Waals surface area contributed by atoms with E-state index in [-0.39, 0.29) is 42.1 Å². The van der Waals surface area contributed by atoms with Crippen LogP contribution in [0.5, 0.6) is 0 Å². The Labute approximate surface area is 329 Å². The molecule has 5 aromatic carbocycles. The van der Waals surface area contributed by atoms with Crippen molar-refractivity contribution < 1.29 is 27.8 Å². The van der Waals surface area contributed by atoms with E-state index in [0.29, 0.717) is 13.2 Å². The minimum absolute atomic E-state index is 0.0172. The Balaban J connectivity index is 1.000. The average molecular weight is 773 g/mol. The topological polar surface area (TPSA) is 120 Å². The molecule has 5 aromatic rings. The number of anilines is 1. The SMILES string of the molecule is C[C@@H]1[C@H](CN2CCC3(CC2)C(=O)NCN3c2ccccc2)O[C@H](c2ccc(-c3ccccc3CNS(=O)(=O)c3ccccc3)cc2)O[C@@H]1c1ccc(CO)cc1. The number of likely N-dealkylation sites (tertiary alicyclic amines) is 1. The van der Waals surface area contributed by atoms with Crippen LogP contribution in [0, 0.1) is 5.92 Å². The van der Waals surface area contributed by atoms with Crippen molar-refractivity contribution in [3.63, 3.8) is 0 Å². The van der Waals surface area contributed by atoms with Crippen molar-refractivity contribution in [1.29, 1.82) is 0 Å². The molecule has 0 aliphatic carbocycles. The number of aliphatic hydroxyl groups excluding tert-OH is 1. The summed E-state index contributed by atoms with van der Waals surface area (Å²) in [5.74, 6) is 0.117. The Kier molecular flexibility index (Phi) is 11.1. The number of ether oxygens (including phenoxy) is 2. The van der Waals surface area contributed by atoms with Gasteiger partial charge in [0.2, 0.25) is 15.9 Å². The molecule has 0 unspecified atom stereocenters. The Hall–Kier alpha value is -4.88. The van der Waals surface area contributed by atoms with Crippen LogP contribution in [-0.2, 0) is 37.4 Å². The van der Waals surface area contributed by atoms with Crippen molar-refractivity contribution >= 4 is 21.6 Å². The van der Waals surface area contributed by atoms with Crippen LogP contribution in [0.15, 0.2) is 138 Å². The first kappa shape index (κ1) is 38.0. The predicted molar refractivity (Wildman–Crippen MR) is 216 cm³/mol. The Morgan fingerprint density at radius 1 is 0.804 bits per heavy atom. The van der Waals surface area contributed by atoms with Crippen LogP contribution in [-0.4, -0.2) is 62.3 Å². The van der Waals surface area contributed by atoms with Gasteiger partial charge in [-0.3, -0.25) is 4.79 Å². The molecule has 3 N–H and O–H groups in total. The minimum atomic E-state index is -3.67. The number of nitrogens with zero attached hydrogens (tertiary/aromatic N) is 2. The number of aliphatic hydroxyl groups is 1. The third-order valence-electron chi connectivity index (χ3n) is 11.7. The second kappa shape index (κ2) is 16.3. The monoisotopic (exact) mass is 772 g/mol. The summed E-state index contributed by atoms with van der Waals surface area (Å²) in [4.78, 5) is 18.2. The van der Waals surface area contributed by atoms with Gasteiger partial charge in [-0.1, -0.05) is 116 Å². The van der Waals surface area contributed by atoms with Gasteiger partial charge >= 0.3 is 0 Å². The molecule has 0 aromatic heterocycles. The average Bonchev–Trinajstić information content (AvgIpc) is 3.56. The zero-order valence-electron chi connectivity index (χ0n) is 31.5. The number of para-hydroxylation sites is 1. The van der Waals surface area contributed by atoms with Gasteiger partial charge in [-0.15, -0.1) is 0 Å². The highest BCUT2D eigenvalue weighted by atomic mass is 32.2. The molecule has 290 valence electrons. The van der Waals surface area contributed by atoms with Gasteiger partial charge in [-0.05, 0) is 64.9 Å². The van der Waals surface area contributed by atoms with Gasteiger partial charge in [0, 0.05) is 43.3 Å². The quantitative estimate of drug-likeness (QED) is 0.139. The van der Waals surface area contributed by atoms with Gasteiger partial charge in [0.05, 0.1) is 30.4 Å². The Bertz CT molecular complexity index is 2210. The smallest absolute Gasteiger partial charge is 0.247 e. The zero-order valence-corrected chi connectivity index (χ0v) is 32.3.